The topological polar surface area (TPSA) is 82.8 Å². The number of aromatic nitrogens is 1. The van der Waals surface area contributed by atoms with Crippen molar-refractivity contribution in [2.24, 2.45) is 0 Å². The Kier molecular flexibility index (Phi) is 6.05. The summed E-state index contributed by atoms with van der Waals surface area (Å²) >= 11 is 3.55. The van der Waals surface area contributed by atoms with Gasteiger partial charge >= 0.3 is 0 Å². The summed E-state index contributed by atoms with van der Waals surface area (Å²) in [6.45, 7) is 0. The predicted octanol–water partition coefficient (Wildman–Crippen LogP) is 6.69. The third kappa shape index (κ3) is 4.17. The fourth-order valence-electron chi connectivity index (χ4n) is 4.00. The lowest BCUT2D eigenvalue weighted by Gasteiger charge is -2.12. The number of halogens is 1. The first-order valence-corrected chi connectivity index (χ1v) is 11.5. The number of benzene rings is 4. The van der Waals surface area contributed by atoms with Gasteiger partial charge in [0.15, 0.2) is 17.1 Å². The molecule has 0 aliphatic heterocycles. The molecule has 0 radical (unpaired) electrons. The van der Waals surface area contributed by atoms with E-state index in [1.54, 1.807) is 57.7 Å². The molecule has 0 aliphatic carbocycles. The van der Waals surface area contributed by atoms with Gasteiger partial charge in [0, 0.05) is 21.3 Å². The summed E-state index contributed by atoms with van der Waals surface area (Å²) in [7, 11) is 4.65. The Labute approximate surface area is 209 Å². The van der Waals surface area contributed by atoms with Crippen LogP contribution in [0.5, 0.6) is 17.2 Å². The average molecular weight is 533 g/mol. The van der Waals surface area contributed by atoms with Crippen LogP contribution < -0.4 is 19.5 Å². The molecule has 1 amide bonds. The first kappa shape index (κ1) is 22.7. The SMILES string of the molecule is COc1cc(-c2nc3cc(NC(=O)c4cccc5c(Br)cccc45)ccc3o2)cc(OC)c1OC. The van der Waals surface area contributed by atoms with Crippen LogP contribution in [-0.2, 0) is 0 Å². The Bertz CT molecular complexity index is 1550. The van der Waals surface area contributed by atoms with Crippen molar-refractivity contribution < 1.29 is 23.4 Å². The van der Waals surface area contributed by atoms with Crippen molar-refractivity contribution in [3.8, 4) is 28.7 Å². The number of nitrogens with one attached hydrogen (secondary N) is 1. The summed E-state index contributed by atoms with van der Waals surface area (Å²) < 4.78 is 23.2. The molecule has 1 N–H and O–H groups in total. The maximum absolute atomic E-state index is 13.1. The number of nitrogens with zero attached hydrogens (tertiary/aromatic N) is 1. The highest BCUT2D eigenvalue weighted by atomic mass is 79.9. The van der Waals surface area contributed by atoms with Crippen molar-refractivity contribution in [2.75, 3.05) is 26.6 Å². The third-order valence-electron chi connectivity index (χ3n) is 5.67. The van der Waals surface area contributed by atoms with E-state index in [9.17, 15) is 4.79 Å². The van der Waals surface area contributed by atoms with Gasteiger partial charge in [0.1, 0.15) is 5.52 Å². The summed E-state index contributed by atoms with van der Waals surface area (Å²) in [6.07, 6.45) is 0. The van der Waals surface area contributed by atoms with E-state index in [0.29, 0.717) is 51.1 Å². The van der Waals surface area contributed by atoms with Gasteiger partial charge in [0.05, 0.1) is 21.3 Å². The smallest absolute Gasteiger partial charge is 0.256 e. The normalized spacial score (nSPS) is 11.0. The summed E-state index contributed by atoms with van der Waals surface area (Å²) in [4.78, 5) is 17.7. The summed E-state index contributed by atoms with van der Waals surface area (Å²) in [5.41, 5.74) is 3.05. The molecule has 1 aromatic heterocycles. The number of methoxy groups -OCH3 is 3. The molecule has 8 heteroatoms. The largest absolute Gasteiger partial charge is 0.493 e. The van der Waals surface area contributed by atoms with Crippen molar-refractivity contribution in [3.05, 3.63) is 76.8 Å². The van der Waals surface area contributed by atoms with Gasteiger partial charge in [-0.3, -0.25) is 4.79 Å². The van der Waals surface area contributed by atoms with Crippen molar-refractivity contribution >= 4 is 49.4 Å². The van der Waals surface area contributed by atoms with Gasteiger partial charge in [-0.15, -0.1) is 0 Å². The number of carbonyl (C=O) groups excluding carboxylic acids is 1. The lowest BCUT2D eigenvalue weighted by Crippen LogP contribution is -2.12. The van der Waals surface area contributed by atoms with Crippen molar-refractivity contribution in [2.45, 2.75) is 0 Å². The van der Waals surface area contributed by atoms with E-state index in [0.717, 1.165) is 15.2 Å². The second kappa shape index (κ2) is 9.31. The van der Waals surface area contributed by atoms with Crippen molar-refractivity contribution in [1.82, 2.24) is 4.98 Å². The number of hydrogen-bond donors (Lipinski definition) is 1. The number of anilines is 1. The van der Waals surface area contributed by atoms with Crippen LogP contribution in [0.25, 0.3) is 33.3 Å². The highest BCUT2D eigenvalue weighted by Gasteiger charge is 2.18. The highest BCUT2D eigenvalue weighted by molar-refractivity contribution is 9.10. The first-order chi connectivity index (χ1) is 17.0. The van der Waals surface area contributed by atoms with Crippen LogP contribution in [0.15, 0.2) is 75.6 Å². The molecule has 176 valence electrons. The predicted molar refractivity (Wildman–Crippen MR) is 139 cm³/mol. The second-order valence-corrected chi connectivity index (χ2v) is 8.56. The van der Waals surface area contributed by atoms with Crippen LogP contribution in [0.1, 0.15) is 10.4 Å². The fraction of sp³-hybridized carbons (Fsp3) is 0.111. The molecule has 35 heavy (non-hydrogen) atoms. The molecule has 0 saturated carbocycles. The molecular formula is C27H21BrN2O5. The van der Waals surface area contributed by atoms with Crippen LogP contribution in [0, 0.1) is 0 Å². The molecular weight excluding hydrogens is 512 g/mol. The van der Waals surface area contributed by atoms with Crippen LogP contribution in [-0.4, -0.2) is 32.2 Å². The maximum atomic E-state index is 13.1. The quantitative estimate of drug-likeness (QED) is 0.262. The van der Waals surface area contributed by atoms with Crippen LogP contribution in [0.2, 0.25) is 0 Å². The minimum atomic E-state index is -0.207. The van der Waals surface area contributed by atoms with E-state index in [-0.39, 0.29) is 5.91 Å². The molecule has 0 saturated heterocycles. The van der Waals surface area contributed by atoms with Crippen molar-refractivity contribution in [1.29, 1.82) is 0 Å². The Morgan fingerprint density at radius 3 is 2.31 bits per heavy atom. The third-order valence-corrected chi connectivity index (χ3v) is 6.36. The number of fused-ring (bicyclic) bond motifs is 2. The molecule has 7 nitrogen and oxygen atoms in total. The molecule has 5 aromatic rings. The van der Waals surface area contributed by atoms with Gasteiger partial charge in [-0.1, -0.05) is 40.2 Å². The zero-order chi connectivity index (χ0) is 24.5. The van der Waals surface area contributed by atoms with E-state index >= 15 is 0 Å². The Morgan fingerprint density at radius 2 is 1.60 bits per heavy atom. The van der Waals surface area contributed by atoms with Gasteiger partial charge in [-0.2, -0.15) is 0 Å². The molecule has 0 spiro atoms. The number of rotatable bonds is 6. The standard InChI is InChI=1S/C27H21BrN2O5/c1-32-23-12-15(13-24(33-2)25(23)34-3)27-30-21-14-16(10-11-22(21)35-27)29-26(31)19-8-4-7-18-17(19)6-5-9-20(18)28/h4-14H,1-3H3,(H,29,31). The fourth-order valence-corrected chi connectivity index (χ4v) is 4.50. The van der Waals surface area contributed by atoms with Gasteiger partial charge in [-0.05, 0) is 53.2 Å². The molecule has 4 aromatic carbocycles. The summed E-state index contributed by atoms with van der Waals surface area (Å²) in [5.74, 6) is 1.67. The van der Waals surface area contributed by atoms with Crippen LogP contribution in [0.3, 0.4) is 0 Å². The van der Waals surface area contributed by atoms with E-state index in [2.05, 4.69) is 26.2 Å². The summed E-state index contributed by atoms with van der Waals surface area (Å²) in [6, 6.07) is 20.3. The molecule has 0 fully saturated rings. The maximum Gasteiger partial charge on any atom is 0.256 e. The monoisotopic (exact) mass is 532 g/mol. The van der Waals surface area contributed by atoms with Crippen LogP contribution >= 0.6 is 15.9 Å². The van der Waals surface area contributed by atoms with Crippen LogP contribution in [0.4, 0.5) is 5.69 Å². The highest BCUT2D eigenvalue weighted by Crippen LogP contribution is 2.41. The van der Waals surface area contributed by atoms with E-state index in [4.69, 9.17) is 18.6 Å². The number of hydrogen-bond acceptors (Lipinski definition) is 6. The van der Waals surface area contributed by atoms with Gasteiger partial charge in [0.25, 0.3) is 5.91 Å². The Balaban J connectivity index is 1.47. The lowest BCUT2D eigenvalue weighted by molar-refractivity contribution is 0.102. The molecule has 0 unspecified atom stereocenters. The lowest BCUT2D eigenvalue weighted by atomic mass is 10.0. The number of carbonyl (C=O) groups is 1. The number of ether oxygens (including phenoxy) is 3. The van der Waals surface area contributed by atoms with E-state index in [1.165, 1.54) is 0 Å². The summed E-state index contributed by atoms with van der Waals surface area (Å²) in [5, 5.41) is 4.81. The number of oxazole rings is 1. The number of amides is 1. The van der Waals surface area contributed by atoms with E-state index in [1.807, 2.05) is 30.3 Å². The van der Waals surface area contributed by atoms with Crippen molar-refractivity contribution in [3.63, 3.8) is 0 Å². The molecule has 0 aliphatic rings. The zero-order valence-electron chi connectivity index (χ0n) is 19.2. The molecule has 0 bridgehead atoms. The molecule has 0 atom stereocenters. The van der Waals surface area contributed by atoms with Gasteiger partial charge in [0.2, 0.25) is 11.6 Å². The zero-order valence-corrected chi connectivity index (χ0v) is 20.8. The molecule has 1 heterocycles. The van der Waals surface area contributed by atoms with Gasteiger partial charge < -0.3 is 23.9 Å². The van der Waals surface area contributed by atoms with E-state index < -0.39 is 0 Å². The first-order valence-electron chi connectivity index (χ1n) is 10.7. The molecule has 5 rings (SSSR count). The Morgan fingerprint density at radius 1 is 0.886 bits per heavy atom. The second-order valence-electron chi connectivity index (χ2n) is 7.71. The van der Waals surface area contributed by atoms with Gasteiger partial charge in [-0.25, -0.2) is 4.98 Å². The average Bonchev–Trinajstić information content (AvgIpc) is 3.31. The minimum Gasteiger partial charge on any atom is -0.493 e. The minimum absolute atomic E-state index is 0.207. The Hall–Kier alpha value is -4.04.